The molecule has 0 saturated carbocycles. The van der Waals surface area contributed by atoms with Crippen LogP contribution in [-0.2, 0) is 20.9 Å². The van der Waals surface area contributed by atoms with Crippen molar-refractivity contribution >= 4 is 29.7 Å². The van der Waals surface area contributed by atoms with E-state index in [-0.39, 0.29) is 17.9 Å². The van der Waals surface area contributed by atoms with Crippen molar-refractivity contribution in [2.45, 2.75) is 24.9 Å². The second-order valence-electron chi connectivity index (χ2n) is 6.58. The zero-order chi connectivity index (χ0) is 21.5. The maximum atomic E-state index is 12.6. The summed E-state index contributed by atoms with van der Waals surface area (Å²) in [6.07, 6.45) is -0.793. The molecule has 0 unspecified atom stereocenters. The number of ether oxygens (including phenoxy) is 2. The summed E-state index contributed by atoms with van der Waals surface area (Å²) in [5.41, 5.74) is 6.30. The van der Waals surface area contributed by atoms with Gasteiger partial charge in [-0.25, -0.2) is 10.2 Å². The summed E-state index contributed by atoms with van der Waals surface area (Å²) in [6.45, 7) is 1.47. The minimum atomic E-state index is -0.793. The topological polar surface area (TPSA) is 97.0 Å². The van der Waals surface area contributed by atoms with Crippen LogP contribution in [0, 0.1) is 0 Å². The highest BCUT2D eigenvalue weighted by Gasteiger charge is 2.41. The van der Waals surface area contributed by atoms with Gasteiger partial charge in [-0.3, -0.25) is 15.0 Å². The summed E-state index contributed by atoms with van der Waals surface area (Å²) in [7, 11) is 1.57. The molecule has 2 N–H and O–H groups in total. The van der Waals surface area contributed by atoms with Crippen molar-refractivity contribution in [3.8, 4) is 5.75 Å². The summed E-state index contributed by atoms with van der Waals surface area (Å²) >= 11 is 1.50. The molecule has 1 aliphatic heterocycles. The SMILES string of the molecule is COc1ccc(COC(=O)NNC(=O)[C@H]2CS[C@@H](c3ccccc3)N2C(C)=O)cc1. The Morgan fingerprint density at radius 1 is 1.07 bits per heavy atom. The third-order valence-electron chi connectivity index (χ3n) is 4.57. The third kappa shape index (κ3) is 5.24. The predicted octanol–water partition coefficient (Wildman–Crippen LogP) is 2.62. The number of carbonyl (C=O) groups excluding carboxylic acids is 3. The molecule has 1 aliphatic rings. The fourth-order valence-electron chi connectivity index (χ4n) is 3.07. The van der Waals surface area contributed by atoms with Crippen molar-refractivity contribution in [2.24, 2.45) is 0 Å². The van der Waals surface area contributed by atoms with Gasteiger partial charge in [0, 0.05) is 12.7 Å². The number of thioether (sulfide) groups is 1. The van der Waals surface area contributed by atoms with Gasteiger partial charge in [-0.05, 0) is 23.3 Å². The van der Waals surface area contributed by atoms with Crippen LogP contribution in [0.3, 0.4) is 0 Å². The van der Waals surface area contributed by atoms with Gasteiger partial charge in [0.15, 0.2) is 0 Å². The first kappa shape index (κ1) is 21.5. The molecule has 1 saturated heterocycles. The lowest BCUT2D eigenvalue weighted by Crippen LogP contribution is -2.52. The number of amides is 3. The van der Waals surface area contributed by atoms with Crippen LogP contribution in [0.2, 0.25) is 0 Å². The number of hydrogen-bond donors (Lipinski definition) is 2. The number of hydrogen-bond acceptors (Lipinski definition) is 6. The molecule has 8 nitrogen and oxygen atoms in total. The van der Waals surface area contributed by atoms with Gasteiger partial charge in [0.1, 0.15) is 23.8 Å². The number of benzene rings is 2. The van der Waals surface area contributed by atoms with E-state index < -0.39 is 18.0 Å². The normalized spacial score (nSPS) is 17.9. The number of nitrogens with zero attached hydrogens (tertiary/aromatic N) is 1. The van der Waals surface area contributed by atoms with E-state index in [0.717, 1.165) is 11.1 Å². The van der Waals surface area contributed by atoms with E-state index in [1.165, 1.54) is 23.6 Å². The van der Waals surface area contributed by atoms with Gasteiger partial charge in [-0.1, -0.05) is 42.5 Å². The molecule has 2 aromatic rings. The summed E-state index contributed by atoms with van der Waals surface area (Å²) < 4.78 is 10.2. The highest BCUT2D eigenvalue weighted by molar-refractivity contribution is 7.99. The standard InChI is InChI=1S/C21H23N3O5S/c1-14(25)24-18(13-30-20(24)16-6-4-3-5-7-16)19(26)22-23-21(27)29-12-15-8-10-17(28-2)11-9-15/h3-11,18,20H,12-13H2,1-2H3,(H,22,26)(H,23,27)/t18-,20+/m1/s1. The van der Waals surface area contributed by atoms with Gasteiger partial charge < -0.3 is 14.4 Å². The average Bonchev–Trinajstić information content (AvgIpc) is 3.22. The van der Waals surface area contributed by atoms with E-state index in [0.29, 0.717) is 11.5 Å². The van der Waals surface area contributed by atoms with E-state index >= 15 is 0 Å². The maximum Gasteiger partial charge on any atom is 0.426 e. The molecule has 0 aliphatic carbocycles. The molecule has 158 valence electrons. The Balaban J connectivity index is 1.52. The molecular weight excluding hydrogens is 406 g/mol. The molecule has 2 atom stereocenters. The van der Waals surface area contributed by atoms with Crippen molar-refractivity contribution in [3.05, 3.63) is 65.7 Å². The van der Waals surface area contributed by atoms with Crippen LogP contribution >= 0.6 is 11.8 Å². The smallest absolute Gasteiger partial charge is 0.426 e. The van der Waals surface area contributed by atoms with Crippen LogP contribution in [0.4, 0.5) is 4.79 Å². The first-order chi connectivity index (χ1) is 14.5. The Hall–Kier alpha value is -3.20. The van der Waals surface area contributed by atoms with Crippen molar-refractivity contribution in [1.82, 2.24) is 15.8 Å². The summed E-state index contributed by atoms with van der Waals surface area (Å²) in [6, 6.07) is 15.9. The number of methoxy groups -OCH3 is 1. The minimum Gasteiger partial charge on any atom is -0.497 e. The Bertz CT molecular complexity index is 891. The number of rotatable bonds is 5. The van der Waals surface area contributed by atoms with Gasteiger partial charge in [0.25, 0.3) is 5.91 Å². The molecule has 3 amide bonds. The lowest BCUT2D eigenvalue weighted by atomic mass is 10.1. The van der Waals surface area contributed by atoms with Gasteiger partial charge in [0.05, 0.1) is 7.11 Å². The van der Waals surface area contributed by atoms with Gasteiger partial charge in [-0.2, -0.15) is 0 Å². The zero-order valence-electron chi connectivity index (χ0n) is 16.7. The van der Waals surface area contributed by atoms with Gasteiger partial charge in [-0.15, -0.1) is 11.8 Å². The largest absolute Gasteiger partial charge is 0.497 e. The number of nitrogens with one attached hydrogen (secondary N) is 2. The lowest BCUT2D eigenvalue weighted by molar-refractivity contribution is -0.138. The van der Waals surface area contributed by atoms with E-state index in [1.807, 2.05) is 30.3 Å². The van der Waals surface area contributed by atoms with Crippen molar-refractivity contribution in [2.75, 3.05) is 12.9 Å². The van der Waals surface area contributed by atoms with Crippen LogP contribution in [-0.4, -0.2) is 41.7 Å². The van der Waals surface area contributed by atoms with Crippen LogP contribution in [0.25, 0.3) is 0 Å². The van der Waals surface area contributed by atoms with E-state index in [9.17, 15) is 14.4 Å². The predicted molar refractivity (Wildman–Crippen MR) is 112 cm³/mol. The maximum absolute atomic E-state index is 12.6. The Labute approximate surface area is 178 Å². The van der Waals surface area contributed by atoms with Gasteiger partial charge >= 0.3 is 6.09 Å². The first-order valence-corrected chi connectivity index (χ1v) is 10.4. The highest BCUT2D eigenvalue weighted by Crippen LogP contribution is 2.41. The highest BCUT2D eigenvalue weighted by atomic mass is 32.2. The number of hydrazine groups is 1. The fraction of sp³-hybridized carbons (Fsp3) is 0.286. The van der Waals surface area contributed by atoms with E-state index in [2.05, 4.69) is 10.9 Å². The molecule has 2 aromatic carbocycles. The van der Waals surface area contributed by atoms with Crippen molar-refractivity contribution < 1.29 is 23.9 Å². The summed E-state index contributed by atoms with van der Waals surface area (Å²) in [4.78, 5) is 38.2. The zero-order valence-corrected chi connectivity index (χ0v) is 17.5. The Morgan fingerprint density at radius 2 is 1.77 bits per heavy atom. The molecule has 0 bridgehead atoms. The van der Waals surface area contributed by atoms with Crippen LogP contribution in [0.1, 0.15) is 23.4 Å². The molecule has 1 fully saturated rings. The van der Waals surface area contributed by atoms with Crippen molar-refractivity contribution in [3.63, 3.8) is 0 Å². The summed E-state index contributed by atoms with van der Waals surface area (Å²) in [5.74, 6) is 0.440. The second-order valence-corrected chi connectivity index (χ2v) is 7.69. The van der Waals surface area contributed by atoms with Gasteiger partial charge in [0.2, 0.25) is 5.91 Å². The van der Waals surface area contributed by atoms with E-state index in [4.69, 9.17) is 9.47 Å². The van der Waals surface area contributed by atoms with E-state index in [1.54, 1.807) is 31.4 Å². The molecule has 9 heteroatoms. The monoisotopic (exact) mass is 429 g/mol. The minimum absolute atomic E-state index is 0.0423. The Kier molecular flexibility index (Phi) is 7.18. The molecule has 0 spiro atoms. The first-order valence-electron chi connectivity index (χ1n) is 9.30. The average molecular weight is 429 g/mol. The molecule has 3 rings (SSSR count). The van der Waals surface area contributed by atoms with Crippen LogP contribution in [0.15, 0.2) is 54.6 Å². The van der Waals surface area contributed by atoms with Crippen LogP contribution in [0.5, 0.6) is 5.75 Å². The molecule has 30 heavy (non-hydrogen) atoms. The second kappa shape index (κ2) is 10.0. The summed E-state index contributed by atoms with van der Waals surface area (Å²) in [5, 5.41) is -0.249. The molecule has 1 heterocycles. The lowest BCUT2D eigenvalue weighted by Gasteiger charge is -2.27. The molecule has 0 aromatic heterocycles. The molecular formula is C21H23N3O5S. The van der Waals surface area contributed by atoms with Crippen molar-refractivity contribution in [1.29, 1.82) is 0 Å². The number of carbonyl (C=O) groups is 3. The quantitative estimate of drug-likeness (QED) is 0.710. The third-order valence-corrected chi connectivity index (χ3v) is 5.89. The molecule has 0 radical (unpaired) electrons. The Morgan fingerprint density at radius 3 is 2.40 bits per heavy atom. The fourth-order valence-corrected chi connectivity index (χ4v) is 4.55. The van der Waals surface area contributed by atoms with Crippen LogP contribution < -0.4 is 15.6 Å².